The lowest BCUT2D eigenvalue weighted by molar-refractivity contribution is 0.0946. The predicted octanol–water partition coefficient (Wildman–Crippen LogP) is 1.34. The van der Waals surface area contributed by atoms with Crippen LogP contribution in [-0.4, -0.2) is 43.6 Å². The van der Waals surface area contributed by atoms with E-state index in [1.807, 2.05) is 18.2 Å². The van der Waals surface area contributed by atoms with Gasteiger partial charge in [0.05, 0.1) is 11.5 Å². The number of carbonyl (C=O) groups excluding carboxylic acids is 1. The first-order valence-electron chi connectivity index (χ1n) is 8.58. The maximum absolute atomic E-state index is 12.4. The van der Waals surface area contributed by atoms with Gasteiger partial charge in [-0.2, -0.15) is 0 Å². The minimum atomic E-state index is -2.96. The molecule has 142 valence electrons. The molecule has 2 aromatic rings. The highest BCUT2D eigenvalue weighted by Gasteiger charge is 2.27. The fourth-order valence-corrected chi connectivity index (χ4v) is 4.79. The molecule has 1 unspecified atom stereocenters. The Morgan fingerprint density at radius 2 is 2.04 bits per heavy atom. The van der Waals surface area contributed by atoms with E-state index in [0.717, 1.165) is 5.56 Å². The van der Waals surface area contributed by atoms with E-state index in [2.05, 4.69) is 15.6 Å². The van der Waals surface area contributed by atoms with E-state index >= 15 is 0 Å². The van der Waals surface area contributed by atoms with Gasteiger partial charge >= 0.3 is 0 Å². The number of sulfone groups is 1. The van der Waals surface area contributed by atoms with Gasteiger partial charge in [-0.05, 0) is 36.2 Å². The highest BCUT2D eigenvalue weighted by molar-refractivity contribution is 7.91. The van der Waals surface area contributed by atoms with Crippen molar-refractivity contribution in [2.45, 2.75) is 19.0 Å². The zero-order valence-electron chi connectivity index (χ0n) is 14.5. The Balaban J connectivity index is 1.37. The summed E-state index contributed by atoms with van der Waals surface area (Å²) in [6.45, 7) is 0.535. The van der Waals surface area contributed by atoms with Crippen LogP contribution in [0.25, 0.3) is 0 Å². The molecule has 4 rings (SSSR count). The quantitative estimate of drug-likeness (QED) is 0.795. The largest absolute Gasteiger partial charge is 0.454 e. The molecular formula is C18H19N3O5S. The monoisotopic (exact) mass is 389 g/mol. The maximum Gasteiger partial charge on any atom is 0.270 e. The van der Waals surface area contributed by atoms with E-state index < -0.39 is 9.84 Å². The van der Waals surface area contributed by atoms with Crippen molar-refractivity contribution in [3.8, 4) is 11.5 Å². The molecule has 0 spiro atoms. The molecule has 0 aliphatic carbocycles. The first-order chi connectivity index (χ1) is 13.0. The Bertz CT molecular complexity index is 977. The average molecular weight is 389 g/mol. The molecule has 2 N–H and O–H groups in total. The molecule has 1 aromatic heterocycles. The number of fused-ring (bicyclic) bond motifs is 1. The fourth-order valence-electron chi connectivity index (χ4n) is 3.11. The van der Waals surface area contributed by atoms with Crippen molar-refractivity contribution in [1.29, 1.82) is 0 Å². The summed E-state index contributed by atoms with van der Waals surface area (Å²) in [4.78, 5) is 16.5. The molecule has 27 heavy (non-hydrogen) atoms. The van der Waals surface area contributed by atoms with Gasteiger partial charge in [-0.3, -0.25) is 9.78 Å². The molecule has 0 saturated carbocycles. The van der Waals surface area contributed by atoms with Crippen LogP contribution in [0.5, 0.6) is 11.5 Å². The molecule has 1 amide bonds. The van der Waals surface area contributed by atoms with E-state index in [1.165, 1.54) is 6.20 Å². The van der Waals surface area contributed by atoms with E-state index in [0.29, 0.717) is 30.2 Å². The number of nitrogens with one attached hydrogen (secondary N) is 2. The molecule has 3 heterocycles. The highest BCUT2D eigenvalue weighted by atomic mass is 32.2. The summed E-state index contributed by atoms with van der Waals surface area (Å²) >= 11 is 0. The minimum Gasteiger partial charge on any atom is -0.454 e. The Morgan fingerprint density at radius 3 is 2.85 bits per heavy atom. The van der Waals surface area contributed by atoms with Crippen molar-refractivity contribution in [2.24, 2.45) is 0 Å². The molecule has 1 atom stereocenters. The number of anilines is 1. The number of rotatable bonds is 5. The second-order valence-corrected chi connectivity index (χ2v) is 8.77. The van der Waals surface area contributed by atoms with Crippen molar-refractivity contribution in [3.05, 3.63) is 47.8 Å². The minimum absolute atomic E-state index is 0.112. The van der Waals surface area contributed by atoms with Crippen LogP contribution in [0.1, 0.15) is 22.5 Å². The van der Waals surface area contributed by atoms with E-state index in [1.54, 1.807) is 12.1 Å². The number of amides is 1. The maximum atomic E-state index is 12.4. The lowest BCUT2D eigenvalue weighted by Crippen LogP contribution is -2.24. The Kier molecular flexibility index (Phi) is 4.61. The van der Waals surface area contributed by atoms with Gasteiger partial charge in [0.2, 0.25) is 6.79 Å². The van der Waals surface area contributed by atoms with Crippen LogP contribution in [-0.2, 0) is 16.4 Å². The lowest BCUT2D eigenvalue weighted by atomic mass is 10.2. The molecule has 1 aromatic carbocycles. The first kappa shape index (κ1) is 17.6. The molecule has 2 aliphatic heterocycles. The van der Waals surface area contributed by atoms with Gasteiger partial charge in [-0.1, -0.05) is 6.07 Å². The van der Waals surface area contributed by atoms with Crippen molar-refractivity contribution >= 4 is 21.4 Å². The van der Waals surface area contributed by atoms with E-state index in [4.69, 9.17) is 9.47 Å². The number of benzene rings is 1. The van der Waals surface area contributed by atoms with Gasteiger partial charge < -0.3 is 20.1 Å². The van der Waals surface area contributed by atoms with Gasteiger partial charge in [-0.25, -0.2) is 8.42 Å². The Labute approximate surface area is 156 Å². The van der Waals surface area contributed by atoms with Crippen LogP contribution in [0.15, 0.2) is 36.5 Å². The number of hydrogen-bond acceptors (Lipinski definition) is 7. The van der Waals surface area contributed by atoms with Crippen molar-refractivity contribution < 1.29 is 22.7 Å². The standard InChI is InChI=1S/C18H19N3O5S/c22-18(20-9-12-1-2-16-17(7-12)26-11-25-16)15-8-13(3-5-19-15)21-14-4-6-27(23,24)10-14/h1-3,5,7-8,14H,4,6,9-11H2,(H,19,21)(H,20,22). The number of carbonyl (C=O) groups is 1. The third kappa shape index (κ3) is 4.13. The summed E-state index contributed by atoms with van der Waals surface area (Å²) in [5.41, 5.74) is 1.83. The smallest absolute Gasteiger partial charge is 0.270 e. The lowest BCUT2D eigenvalue weighted by Gasteiger charge is -2.13. The molecule has 2 aliphatic rings. The average Bonchev–Trinajstić information content (AvgIpc) is 3.25. The summed E-state index contributed by atoms with van der Waals surface area (Å²) < 4.78 is 33.7. The van der Waals surface area contributed by atoms with Crippen LogP contribution in [0.3, 0.4) is 0 Å². The van der Waals surface area contributed by atoms with Crippen LogP contribution in [0.2, 0.25) is 0 Å². The van der Waals surface area contributed by atoms with Crippen LogP contribution in [0, 0.1) is 0 Å². The molecular weight excluding hydrogens is 370 g/mol. The Morgan fingerprint density at radius 1 is 1.19 bits per heavy atom. The van der Waals surface area contributed by atoms with Gasteiger partial charge in [0.15, 0.2) is 21.3 Å². The van der Waals surface area contributed by atoms with E-state index in [-0.39, 0.29) is 35.9 Å². The summed E-state index contributed by atoms with van der Waals surface area (Å²) in [6.07, 6.45) is 2.09. The second-order valence-electron chi connectivity index (χ2n) is 6.54. The SMILES string of the molecule is O=C(NCc1ccc2c(c1)OCO2)c1cc(NC2CCS(=O)(=O)C2)ccn1. The topological polar surface area (TPSA) is 107 Å². The molecule has 8 nitrogen and oxygen atoms in total. The zero-order chi connectivity index (χ0) is 18.9. The van der Waals surface area contributed by atoms with Crippen molar-refractivity contribution in [3.63, 3.8) is 0 Å². The van der Waals surface area contributed by atoms with Gasteiger partial charge in [0.25, 0.3) is 5.91 Å². The van der Waals surface area contributed by atoms with Gasteiger partial charge in [-0.15, -0.1) is 0 Å². The third-order valence-electron chi connectivity index (χ3n) is 4.49. The number of ether oxygens (including phenoxy) is 2. The van der Waals surface area contributed by atoms with Crippen LogP contribution in [0.4, 0.5) is 5.69 Å². The predicted molar refractivity (Wildman–Crippen MR) is 98.7 cm³/mol. The summed E-state index contributed by atoms with van der Waals surface area (Å²) in [5.74, 6) is 1.35. The number of pyridine rings is 1. The van der Waals surface area contributed by atoms with Crippen molar-refractivity contribution in [1.82, 2.24) is 10.3 Å². The van der Waals surface area contributed by atoms with Crippen molar-refractivity contribution in [2.75, 3.05) is 23.6 Å². The summed E-state index contributed by atoms with van der Waals surface area (Å²) in [7, 11) is -2.96. The summed E-state index contributed by atoms with van der Waals surface area (Å²) in [5, 5.41) is 5.98. The molecule has 0 radical (unpaired) electrons. The number of nitrogens with zero attached hydrogens (tertiary/aromatic N) is 1. The highest BCUT2D eigenvalue weighted by Crippen LogP contribution is 2.32. The zero-order valence-corrected chi connectivity index (χ0v) is 15.3. The third-order valence-corrected chi connectivity index (χ3v) is 6.25. The molecule has 9 heteroatoms. The Hall–Kier alpha value is -2.81. The van der Waals surface area contributed by atoms with Gasteiger partial charge in [0, 0.05) is 24.5 Å². The van der Waals surface area contributed by atoms with Crippen LogP contribution < -0.4 is 20.1 Å². The normalized spacial score (nSPS) is 19.6. The fraction of sp³-hybridized carbons (Fsp3) is 0.333. The number of hydrogen-bond donors (Lipinski definition) is 2. The number of aromatic nitrogens is 1. The molecule has 1 fully saturated rings. The molecule has 1 saturated heterocycles. The molecule has 0 bridgehead atoms. The second kappa shape index (κ2) is 7.07. The van der Waals surface area contributed by atoms with E-state index in [9.17, 15) is 13.2 Å². The summed E-state index contributed by atoms with van der Waals surface area (Å²) in [6, 6.07) is 8.71. The first-order valence-corrected chi connectivity index (χ1v) is 10.4. The van der Waals surface area contributed by atoms with Crippen LogP contribution >= 0.6 is 0 Å². The van der Waals surface area contributed by atoms with Gasteiger partial charge in [0.1, 0.15) is 5.69 Å².